The van der Waals surface area contributed by atoms with E-state index in [1.807, 2.05) is 27.7 Å². The minimum atomic E-state index is -1.46. The number of ether oxygens (including phenoxy) is 1. The molecule has 1 N–H and O–H groups in total. The lowest BCUT2D eigenvalue weighted by Gasteiger charge is -2.33. The second-order valence-electron chi connectivity index (χ2n) is 8.15. The maximum atomic E-state index is 14.3. The molecule has 2 aliphatic rings. The first-order chi connectivity index (χ1) is 13.0. The Kier molecular flexibility index (Phi) is 5.30. The van der Waals surface area contributed by atoms with Gasteiger partial charge in [0.15, 0.2) is 6.17 Å². The van der Waals surface area contributed by atoms with Crippen molar-refractivity contribution in [2.75, 3.05) is 13.1 Å². The molecular formula is C19H24BFN2O5. The van der Waals surface area contributed by atoms with Crippen molar-refractivity contribution in [2.45, 2.75) is 57.6 Å². The van der Waals surface area contributed by atoms with E-state index < -0.39 is 36.7 Å². The van der Waals surface area contributed by atoms with E-state index in [0.717, 1.165) is 4.90 Å². The highest BCUT2D eigenvalue weighted by Crippen LogP contribution is 2.36. The van der Waals surface area contributed by atoms with Crippen LogP contribution in [0.4, 0.5) is 9.18 Å². The molecule has 2 saturated heterocycles. The third-order valence-corrected chi connectivity index (χ3v) is 5.68. The molecule has 150 valence electrons. The van der Waals surface area contributed by atoms with Crippen molar-refractivity contribution < 1.29 is 28.3 Å². The third kappa shape index (κ3) is 3.80. The normalized spacial score (nSPS) is 26.0. The van der Waals surface area contributed by atoms with Gasteiger partial charge in [0.1, 0.15) is 17.9 Å². The molecule has 2 atom stereocenters. The second kappa shape index (κ2) is 7.26. The summed E-state index contributed by atoms with van der Waals surface area (Å²) in [6.45, 7) is 7.73. The molecule has 0 radical (unpaired) electrons. The lowest BCUT2D eigenvalue weighted by Crippen LogP contribution is -2.48. The Morgan fingerprint density at radius 2 is 2.00 bits per heavy atom. The molecule has 0 spiro atoms. The summed E-state index contributed by atoms with van der Waals surface area (Å²) in [6.07, 6.45) is -3.19. The van der Waals surface area contributed by atoms with E-state index in [1.165, 1.54) is 0 Å². The molecule has 1 aromatic carbocycles. The van der Waals surface area contributed by atoms with Gasteiger partial charge in [-0.25, -0.2) is 9.18 Å². The smallest absolute Gasteiger partial charge is 0.486 e. The van der Waals surface area contributed by atoms with Gasteiger partial charge in [0, 0.05) is 13.0 Å². The van der Waals surface area contributed by atoms with Gasteiger partial charge in [0.05, 0.1) is 23.3 Å². The molecule has 0 saturated carbocycles. The Balaban J connectivity index is 1.75. The summed E-state index contributed by atoms with van der Waals surface area (Å²) in [5.74, 6) is 0.263. The van der Waals surface area contributed by atoms with Crippen molar-refractivity contribution in [3.8, 4) is 11.8 Å². The number of nitrogens with zero attached hydrogens (tertiary/aromatic N) is 2. The fourth-order valence-corrected chi connectivity index (χ4v) is 3.22. The zero-order valence-electron chi connectivity index (χ0n) is 16.4. The Hall–Kier alpha value is -2.31. The number of amides is 1. The standard InChI is InChI=1S/C19H24BFN2O5/c1-18(2)19(3,4)28-20(27-18)13-5-6-15(12(9-13)10-22)26-16-7-8-23(17(24)25)11-14(16)21/h5-6,9,14,16H,7-8,11H2,1-4H3,(H,24,25). The molecule has 1 amide bonds. The van der Waals surface area contributed by atoms with Crippen molar-refractivity contribution in [3.63, 3.8) is 0 Å². The maximum Gasteiger partial charge on any atom is 0.494 e. The molecule has 28 heavy (non-hydrogen) atoms. The minimum absolute atomic E-state index is 0.189. The van der Waals surface area contributed by atoms with Gasteiger partial charge in [-0.2, -0.15) is 5.26 Å². The van der Waals surface area contributed by atoms with Gasteiger partial charge < -0.3 is 24.1 Å². The zero-order chi connectivity index (χ0) is 20.7. The molecule has 0 bridgehead atoms. The van der Waals surface area contributed by atoms with Crippen LogP contribution in [0.15, 0.2) is 18.2 Å². The van der Waals surface area contributed by atoms with E-state index in [-0.39, 0.29) is 30.8 Å². The summed E-state index contributed by atoms with van der Waals surface area (Å²) < 4.78 is 32.0. The van der Waals surface area contributed by atoms with E-state index in [9.17, 15) is 14.4 Å². The van der Waals surface area contributed by atoms with Crippen LogP contribution in [-0.2, 0) is 9.31 Å². The van der Waals surface area contributed by atoms with Gasteiger partial charge >= 0.3 is 13.2 Å². The van der Waals surface area contributed by atoms with Gasteiger partial charge in [-0.15, -0.1) is 0 Å². The van der Waals surface area contributed by atoms with Crippen molar-refractivity contribution in [3.05, 3.63) is 23.8 Å². The van der Waals surface area contributed by atoms with Gasteiger partial charge in [0.2, 0.25) is 0 Å². The molecule has 0 aliphatic carbocycles. The number of likely N-dealkylation sites (tertiary alicyclic amines) is 1. The predicted molar refractivity (Wildman–Crippen MR) is 100 cm³/mol. The molecule has 3 rings (SSSR count). The molecule has 0 aromatic heterocycles. The van der Waals surface area contributed by atoms with Crippen LogP contribution in [0, 0.1) is 11.3 Å². The second-order valence-corrected chi connectivity index (χ2v) is 8.15. The highest BCUT2D eigenvalue weighted by atomic mass is 19.1. The molecule has 2 aliphatic heterocycles. The average molecular weight is 390 g/mol. The number of hydrogen-bond acceptors (Lipinski definition) is 5. The van der Waals surface area contributed by atoms with Crippen LogP contribution in [0.1, 0.15) is 39.7 Å². The van der Waals surface area contributed by atoms with Crippen LogP contribution in [0.2, 0.25) is 0 Å². The van der Waals surface area contributed by atoms with Crippen molar-refractivity contribution >= 4 is 18.7 Å². The van der Waals surface area contributed by atoms with Crippen LogP contribution in [0.3, 0.4) is 0 Å². The number of nitriles is 1. The van der Waals surface area contributed by atoms with Gasteiger partial charge in [0.25, 0.3) is 0 Å². The van der Waals surface area contributed by atoms with E-state index in [1.54, 1.807) is 18.2 Å². The summed E-state index contributed by atoms with van der Waals surface area (Å²) in [6, 6.07) is 7.03. The van der Waals surface area contributed by atoms with Crippen molar-refractivity contribution in [2.24, 2.45) is 0 Å². The number of carboxylic acid groups (broad SMARTS) is 1. The number of piperidine rings is 1. The Bertz CT molecular complexity index is 794. The molecule has 1 aromatic rings. The first-order valence-electron chi connectivity index (χ1n) is 9.22. The first-order valence-corrected chi connectivity index (χ1v) is 9.22. The summed E-state index contributed by atoms with van der Waals surface area (Å²) in [5, 5.41) is 18.5. The van der Waals surface area contributed by atoms with Gasteiger partial charge in [-0.1, -0.05) is 6.07 Å². The summed E-state index contributed by atoms with van der Waals surface area (Å²) in [4.78, 5) is 12.0. The number of benzene rings is 1. The van der Waals surface area contributed by atoms with E-state index in [0.29, 0.717) is 5.46 Å². The zero-order valence-corrected chi connectivity index (χ0v) is 16.4. The molecule has 2 fully saturated rings. The van der Waals surface area contributed by atoms with Crippen molar-refractivity contribution in [1.82, 2.24) is 4.90 Å². The largest absolute Gasteiger partial charge is 0.494 e. The van der Waals surface area contributed by atoms with Crippen LogP contribution >= 0.6 is 0 Å². The minimum Gasteiger partial charge on any atom is -0.486 e. The summed E-state index contributed by atoms with van der Waals surface area (Å²) in [7, 11) is -0.612. The van der Waals surface area contributed by atoms with Crippen LogP contribution < -0.4 is 10.2 Å². The average Bonchev–Trinajstić information content (AvgIpc) is 2.84. The van der Waals surface area contributed by atoms with E-state index >= 15 is 0 Å². The number of rotatable bonds is 3. The SMILES string of the molecule is CC1(C)OB(c2ccc(OC3CCN(C(=O)O)CC3F)c(C#N)c2)OC1(C)C. The van der Waals surface area contributed by atoms with Crippen LogP contribution in [0.5, 0.6) is 5.75 Å². The molecule has 7 nitrogen and oxygen atoms in total. The number of carbonyl (C=O) groups is 1. The third-order valence-electron chi connectivity index (χ3n) is 5.68. The fraction of sp³-hybridized carbons (Fsp3) is 0.579. The fourth-order valence-electron chi connectivity index (χ4n) is 3.22. The van der Waals surface area contributed by atoms with Gasteiger partial charge in [-0.3, -0.25) is 0 Å². The Morgan fingerprint density at radius 1 is 1.36 bits per heavy atom. The first kappa shape index (κ1) is 20.4. The molecule has 9 heteroatoms. The number of halogens is 1. The number of alkyl halides is 1. The summed E-state index contributed by atoms with van der Waals surface area (Å²) >= 11 is 0. The molecule has 2 unspecified atom stereocenters. The van der Waals surface area contributed by atoms with Crippen molar-refractivity contribution in [1.29, 1.82) is 5.26 Å². The topological polar surface area (TPSA) is 92.0 Å². The van der Waals surface area contributed by atoms with Crippen LogP contribution in [0.25, 0.3) is 0 Å². The molecule has 2 heterocycles. The van der Waals surface area contributed by atoms with Crippen LogP contribution in [-0.4, -0.2) is 59.8 Å². The van der Waals surface area contributed by atoms with E-state index in [4.69, 9.17) is 19.2 Å². The maximum absolute atomic E-state index is 14.3. The lowest BCUT2D eigenvalue weighted by atomic mass is 9.78. The lowest BCUT2D eigenvalue weighted by molar-refractivity contribution is 0.00578. The monoisotopic (exact) mass is 390 g/mol. The van der Waals surface area contributed by atoms with E-state index in [2.05, 4.69) is 6.07 Å². The highest BCUT2D eigenvalue weighted by Gasteiger charge is 2.51. The highest BCUT2D eigenvalue weighted by molar-refractivity contribution is 6.62. The van der Waals surface area contributed by atoms with Gasteiger partial charge in [-0.05, 0) is 45.3 Å². The molecular weight excluding hydrogens is 366 g/mol. The Morgan fingerprint density at radius 3 is 2.54 bits per heavy atom. The Labute approximate surface area is 164 Å². The summed E-state index contributed by atoms with van der Waals surface area (Å²) in [5.41, 5.74) is -0.0709. The predicted octanol–water partition coefficient (Wildman–Crippen LogP) is 2.33. The number of hydrogen-bond donors (Lipinski definition) is 1. The quantitative estimate of drug-likeness (QED) is 0.797.